The zero-order chi connectivity index (χ0) is 11.5. The topological polar surface area (TPSA) is 39.9 Å². The molecule has 2 rings (SSSR count). The van der Waals surface area contributed by atoms with Crippen LogP contribution in [0.25, 0.3) is 0 Å². The van der Waals surface area contributed by atoms with Crippen LogP contribution in [-0.4, -0.2) is 17.6 Å². The summed E-state index contributed by atoms with van der Waals surface area (Å²) in [6, 6.07) is 3.09. The van der Waals surface area contributed by atoms with Crippen molar-refractivity contribution in [1.29, 1.82) is 5.26 Å². The molecule has 0 unspecified atom stereocenters. The van der Waals surface area contributed by atoms with E-state index in [1.807, 2.05) is 6.07 Å². The molecule has 1 aliphatic carbocycles. The summed E-state index contributed by atoms with van der Waals surface area (Å²) in [5, 5.41) is 8.53. The first-order chi connectivity index (χ1) is 7.72. The first kappa shape index (κ1) is 10.8. The molecular weight excluding hydrogens is 212 g/mol. The molecule has 0 spiro atoms. The number of nitriles is 1. The molecule has 16 heavy (non-hydrogen) atoms. The molecule has 1 aromatic heterocycles. The number of pyridine rings is 1. The molecule has 5 heteroatoms. The predicted octanol–water partition coefficient (Wildman–Crippen LogP) is 2.24. The van der Waals surface area contributed by atoms with Gasteiger partial charge in [0.15, 0.2) is 11.6 Å². The molecule has 0 bridgehead atoms. The van der Waals surface area contributed by atoms with Gasteiger partial charge in [0, 0.05) is 18.7 Å². The van der Waals surface area contributed by atoms with E-state index in [0.29, 0.717) is 13.0 Å². The van der Waals surface area contributed by atoms with Crippen LogP contribution in [0.2, 0.25) is 0 Å². The van der Waals surface area contributed by atoms with Crippen LogP contribution in [0.1, 0.15) is 19.3 Å². The molecule has 1 aromatic rings. The molecule has 0 aromatic carbocycles. The maximum absolute atomic E-state index is 13.5. The number of anilines is 1. The van der Waals surface area contributed by atoms with E-state index in [2.05, 4.69) is 4.98 Å². The molecule has 0 saturated heterocycles. The van der Waals surface area contributed by atoms with Gasteiger partial charge in [-0.1, -0.05) is 0 Å². The lowest BCUT2D eigenvalue weighted by Crippen LogP contribution is -2.28. The van der Waals surface area contributed by atoms with E-state index in [1.165, 1.54) is 0 Å². The number of aromatic nitrogens is 1. The van der Waals surface area contributed by atoms with Crippen LogP contribution < -0.4 is 4.90 Å². The summed E-state index contributed by atoms with van der Waals surface area (Å²) < 4.78 is 26.2. The van der Waals surface area contributed by atoms with Crippen molar-refractivity contribution in [2.45, 2.75) is 25.3 Å². The Kier molecular flexibility index (Phi) is 3.00. The SMILES string of the molecule is N#CCCN(c1ncc(F)cc1F)C1CC1. The van der Waals surface area contributed by atoms with Crippen molar-refractivity contribution in [2.24, 2.45) is 0 Å². The minimum absolute atomic E-state index is 0.152. The molecule has 0 N–H and O–H groups in total. The molecule has 1 saturated carbocycles. The van der Waals surface area contributed by atoms with Crippen molar-refractivity contribution in [1.82, 2.24) is 4.98 Å². The normalized spacial score (nSPS) is 14.6. The molecule has 0 amide bonds. The Morgan fingerprint density at radius 2 is 2.25 bits per heavy atom. The average Bonchev–Trinajstić information content (AvgIpc) is 3.05. The molecule has 1 aliphatic rings. The first-order valence-electron chi connectivity index (χ1n) is 5.17. The largest absolute Gasteiger partial charge is 0.350 e. The highest BCUT2D eigenvalue weighted by molar-refractivity contribution is 5.42. The second-order valence-corrected chi connectivity index (χ2v) is 3.79. The third-order valence-corrected chi connectivity index (χ3v) is 2.51. The number of halogens is 2. The van der Waals surface area contributed by atoms with Gasteiger partial charge in [0.05, 0.1) is 18.7 Å². The highest BCUT2D eigenvalue weighted by atomic mass is 19.1. The Morgan fingerprint density at radius 1 is 1.50 bits per heavy atom. The summed E-state index contributed by atoms with van der Waals surface area (Å²) in [4.78, 5) is 5.51. The monoisotopic (exact) mass is 223 g/mol. The Balaban J connectivity index is 2.21. The highest BCUT2D eigenvalue weighted by Gasteiger charge is 2.31. The highest BCUT2D eigenvalue weighted by Crippen LogP contribution is 2.31. The van der Waals surface area contributed by atoms with Gasteiger partial charge in [0.25, 0.3) is 0 Å². The lowest BCUT2D eigenvalue weighted by atomic mass is 10.3. The van der Waals surface area contributed by atoms with Crippen LogP contribution in [0.3, 0.4) is 0 Å². The molecule has 1 heterocycles. The fraction of sp³-hybridized carbons (Fsp3) is 0.455. The van der Waals surface area contributed by atoms with Crippen LogP contribution in [0, 0.1) is 23.0 Å². The van der Waals surface area contributed by atoms with Crippen LogP contribution in [0.5, 0.6) is 0 Å². The number of hydrogen-bond acceptors (Lipinski definition) is 3. The van der Waals surface area contributed by atoms with Gasteiger partial charge in [-0.2, -0.15) is 5.26 Å². The van der Waals surface area contributed by atoms with Crippen LogP contribution >= 0.6 is 0 Å². The fourth-order valence-corrected chi connectivity index (χ4v) is 1.64. The Hall–Kier alpha value is -1.70. The van der Waals surface area contributed by atoms with Crippen LogP contribution in [0.4, 0.5) is 14.6 Å². The van der Waals surface area contributed by atoms with Crippen molar-refractivity contribution < 1.29 is 8.78 Å². The van der Waals surface area contributed by atoms with Gasteiger partial charge >= 0.3 is 0 Å². The smallest absolute Gasteiger partial charge is 0.168 e. The van der Waals surface area contributed by atoms with Gasteiger partial charge in [0.2, 0.25) is 0 Å². The van der Waals surface area contributed by atoms with Crippen LogP contribution in [-0.2, 0) is 0 Å². The van der Waals surface area contributed by atoms with Crippen molar-refractivity contribution in [3.05, 3.63) is 23.9 Å². The summed E-state index contributed by atoms with van der Waals surface area (Å²) in [6.45, 7) is 0.441. The van der Waals surface area contributed by atoms with E-state index in [0.717, 1.165) is 25.1 Å². The number of nitrogens with zero attached hydrogens (tertiary/aromatic N) is 3. The second-order valence-electron chi connectivity index (χ2n) is 3.79. The summed E-state index contributed by atoms with van der Waals surface area (Å²) in [7, 11) is 0. The molecule has 0 aliphatic heterocycles. The molecule has 84 valence electrons. The fourth-order valence-electron chi connectivity index (χ4n) is 1.64. The molecule has 3 nitrogen and oxygen atoms in total. The zero-order valence-electron chi connectivity index (χ0n) is 8.66. The van der Waals surface area contributed by atoms with E-state index in [9.17, 15) is 8.78 Å². The minimum Gasteiger partial charge on any atom is -0.350 e. The van der Waals surface area contributed by atoms with Gasteiger partial charge in [-0.3, -0.25) is 0 Å². The summed E-state index contributed by atoms with van der Waals surface area (Å²) in [5.74, 6) is -1.19. The van der Waals surface area contributed by atoms with Crippen molar-refractivity contribution in [3.63, 3.8) is 0 Å². The lowest BCUT2D eigenvalue weighted by Gasteiger charge is -2.22. The standard InChI is InChI=1S/C11H11F2N3/c12-8-6-10(13)11(15-7-8)16(5-1-4-14)9-2-3-9/h6-7,9H,1-3,5H2. The number of hydrogen-bond donors (Lipinski definition) is 0. The van der Waals surface area contributed by atoms with E-state index >= 15 is 0 Å². The Bertz CT molecular complexity index is 424. The van der Waals surface area contributed by atoms with E-state index < -0.39 is 11.6 Å². The van der Waals surface area contributed by atoms with Crippen molar-refractivity contribution in [2.75, 3.05) is 11.4 Å². The van der Waals surface area contributed by atoms with Crippen molar-refractivity contribution >= 4 is 5.82 Å². The third-order valence-electron chi connectivity index (χ3n) is 2.51. The van der Waals surface area contributed by atoms with Gasteiger partial charge in [-0.05, 0) is 12.8 Å². The average molecular weight is 223 g/mol. The maximum atomic E-state index is 13.5. The zero-order valence-corrected chi connectivity index (χ0v) is 8.66. The third kappa shape index (κ3) is 2.27. The van der Waals surface area contributed by atoms with Gasteiger partial charge in [-0.15, -0.1) is 0 Å². The van der Waals surface area contributed by atoms with E-state index in [-0.39, 0.29) is 11.9 Å². The quantitative estimate of drug-likeness (QED) is 0.785. The Labute approximate surface area is 92.3 Å². The maximum Gasteiger partial charge on any atom is 0.168 e. The van der Waals surface area contributed by atoms with Gasteiger partial charge in [0.1, 0.15) is 5.82 Å². The molecule has 0 radical (unpaired) electrons. The summed E-state index contributed by atoms with van der Waals surface area (Å²) in [6.07, 6.45) is 3.27. The number of rotatable bonds is 4. The molecule has 1 fully saturated rings. The summed E-state index contributed by atoms with van der Waals surface area (Å²) in [5.41, 5.74) is 0. The minimum atomic E-state index is -0.683. The summed E-state index contributed by atoms with van der Waals surface area (Å²) >= 11 is 0. The van der Waals surface area contributed by atoms with E-state index in [1.54, 1.807) is 4.90 Å². The lowest BCUT2D eigenvalue weighted by molar-refractivity contribution is 0.565. The molecule has 0 atom stereocenters. The Morgan fingerprint density at radius 3 is 2.81 bits per heavy atom. The molecular formula is C11H11F2N3. The second kappa shape index (κ2) is 4.44. The van der Waals surface area contributed by atoms with Gasteiger partial charge in [-0.25, -0.2) is 13.8 Å². The van der Waals surface area contributed by atoms with Crippen molar-refractivity contribution in [3.8, 4) is 6.07 Å². The first-order valence-corrected chi connectivity index (χ1v) is 5.17. The van der Waals surface area contributed by atoms with Gasteiger partial charge < -0.3 is 4.90 Å². The van der Waals surface area contributed by atoms with Crippen LogP contribution in [0.15, 0.2) is 12.3 Å². The van der Waals surface area contributed by atoms with E-state index in [4.69, 9.17) is 5.26 Å². The predicted molar refractivity (Wildman–Crippen MR) is 54.8 cm³/mol.